The molecule has 84 valence electrons. The van der Waals surface area contributed by atoms with Crippen LogP contribution in [-0.4, -0.2) is 15.2 Å². The first-order chi connectivity index (χ1) is 8.40. The molecule has 3 heteroatoms. The molecule has 3 nitrogen and oxygen atoms in total. The molecule has 0 aliphatic carbocycles. The van der Waals surface area contributed by atoms with Crippen LogP contribution in [0, 0.1) is 0 Å². The van der Waals surface area contributed by atoms with Crippen LogP contribution < -0.4 is 0 Å². The number of aryl methyl sites for hydroxylation is 1. The van der Waals surface area contributed by atoms with Crippen molar-refractivity contribution in [1.29, 1.82) is 0 Å². The number of aromatic nitrogens is 3. The van der Waals surface area contributed by atoms with E-state index in [1.165, 1.54) is 5.56 Å². The Morgan fingerprint density at radius 1 is 1.12 bits per heavy atom. The topological polar surface area (TPSA) is 41.6 Å². The molecular formula is C14H13N3. The molecule has 0 unspecified atom stereocenters. The van der Waals surface area contributed by atoms with Crippen molar-refractivity contribution in [3.05, 3.63) is 48.2 Å². The van der Waals surface area contributed by atoms with Crippen LogP contribution in [0.3, 0.4) is 0 Å². The fraction of sp³-hybridized carbons (Fsp3) is 0.143. The number of hydrogen-bond acceptors (Lipinski definition) is 2. The SMILES string of the molecule is CCc1ccnc2n[nH]c(-c3ccccc3)c12. The third-order valence-corrected chi connectivity index (χ3v) is 2.98. The number of benzene rings is 1. The van der Waals surface area contributed by atoms with Gasteiger partial charge in [0.1, 0.15) is 0 Å². The first-order valence-electron chi connectivity index (χ1n) is 5.77. The number of pyridine rings is 1. The number of nitrogens with one attached hydrogen (secondary N) is 1. The predicted octanol–water partition coefficient (Wildman–Crippen LogP) is 3.19. The molecule has 3 aromatic rings. The summed E-state index contributed by atoms with van der Waals surface area (Å²) in [5.74, 6) is 0. The van der Waals surface area contributed by atoms with Crippen LogP contribution in [0.2, 0.25) is 0 Å². The van der Waals surface area contributed by atoms with E-state index in [0.717, 1.165) is 28.7 Å². The van der Waals surface area contributed by atoms with Gasteiger partial charge in [-0.15, -0.1) is 0 Å². The van der Waals surface area contributed by atoms with Gasteiger partial charge in [-0.1, -0.05) is 37.3 Å². The summed E-state index contributed by atoms with van der Waals surface area (Å²) in [6.07, 6.45) is 2.80. The number of H-pyrrole nitrogens is 1. The number of aromatic amines is 1. The van der Waals surface area contributed by atoms with Gasteiger partial charge >= 0.3 is 0 Å². The molecule has 0 atom stereocenters. The Hall–Kier alpha value is -2.16. The third-order valence-electron chi connectivity index (χ3n) is 2.98. The largest absolute Gasteiger partial charge is 0.275 e. The van der Waals surface area contributed by atoms with Gasteiger partial charge in [0.25, 0.3) is 0 Å². The van der Waals surface area contributed by atoms with Crippen molar-refractivity contribution < 1.29 is 0 Å². The molecule has 1 N–H and O–H groups in total. The second kappa shape index (κ2) is 4.01. The van der Waals surface area contributed by atoms with E-state index in [-0.39, 0.29) is 0 Å². The first kappa shape index (κ1) is 10.0. The standard InChI is InChI=1S/C14H13N3/c1-2-10-8-9-15-14-12(10)13(16-17-14)11-6-4-3-5-7-11/h3-9H,2H2,1H3,(H,15,16,17). The Morgan fingerprint density at radius 3 is 2.71 bits per heavy atom. The highest BCUT2D eigenvalue weighted by Crippen LogP contribution is 2.27. The lowest BCUT2D eigenvalue weighted by molar-refractivity contribution is 1.10. The summed E-state index contributed by atoms with van der Waals surface area (Å²) in [4.78, 5) is 4.29. The van der Waals surface area contributed by atoms with Gasteiger partial charge in [0.05, 0.1) is 5.69 Å². The summed E-state index contributed by atoms with van der Waals surface area (Å²) < 4.78 is 0. The van der Waals surface area contributed by atoms with Crippen molar-refractivity contribution >= 4 is 11.0 Å². The molecule has 1 aromatic carbocycles. The van der Waals surface area contributed by atoms with Crippen LogP contribution in [0.5, 0.6) is 0 Å². The minimum absolute atomic E-state index is 0.795. The average molecular weight is 223 g/mol. The number of nitrogens with zero attached hydrogens (tertiary/aromatic N) is 2. The average Bonchev–Trinajstić information content (AvgIpc) is 2.83. The molecule has 0 saturated carbocycles. The number of rotatable bonds is 2. The van der Waals surface area contributed by atoms with E-state index in [0.29, 0.717) is 0 Å². The zero-order chi connectivity index (χ0) is 11.7. The lowest BCUT2D eigenvalue weighted by Crippen LogP contribution is -1.86. The lowest BCUT2D eigenvalue weighted by Gasteiger charge is -2.02. The third kappa shape index (κ3) is 1.60. The van der Waals surface area contributed by atoms with Gasteiger partial charge in [-0.3, -0.25) is 5.10 Å². The zero-order valence-electron chi connectivity index (χ0n) is 9.64. The molecule has 0 spiro atoms. The molecule has 0 aliphatic rings. The van der Waals surface area contributed by atoms with E-state index in [4.69, 9.17) is 0 Å². The van der Waals surface area contributed by atoms with E-state index < -0.39 is 0 Å². The monoisotopic (exact) mass is 223 g/mol. The summed E-state index contributed by atoms with van der Waals surface area (Å²) in [6.45, 7) is 2.15. The van der Waals surface area contributed by atoms with Crippen LogP contribution in [0.25, 0.3) is 22.3 Å². The fourth-order valence-electron chi connectivity index (χ4n) is 2.12. The van der Waals surface area contributed by atoms with Gasteiger partial charge in [0.15, 0.2) is 5.65 Å². The molecule has 0 amide bonds. The van der Waals surface area contributed by atoms with Crippen molar-refractivity contribution in [3.8, 4) is 11.3 Å². The Kier molecular flexibility index (Phi) is 2.37. The molecule has 17 heavy (non-hydrogen) atoms. The Labute approximate surface area is 99.5 Å². The van der Waals surface area contributed by atoms with Crippen LogP contribution in [-0.2, 0) is 6.42 Å². The van der Waals surface area contributed by atoms with Crippen molar-refractivity contribution in [3.63, 3.8) is 0 Å². The van der Waals surface area contributed by atoms with Crippen molar-refractivity contribution in [2.24, 2.45) is 0 Å². The smallest absolute Gasteiger partial charge is 0.181 e. The van der Waals surface area contributed by atoms with Gasteiger partial charge in [-0.2, -0.15) is 5.10 Å². The molecule has 0 aliphatic heterocycles. The van der Waals surface area contributed by atoms with Crippen molar-refractivity contribution in [2.75, 3.05) is 0 Å². The maximum atomic E-state index is 4.29. The molecule has 0 saturated heterocycles. The summed E-state index contributed by atoms with van der Waals surface area (Å²) in [7, 11) is 0. The molecule has 0 bridgehead atoms. The molecule has 2 aromatic heterocycles. The second-order valence-corrected chi connectivity index (χ2v) is 3.99. The summed E-state index contributed by atoms with van der Waals surface area (Å²) in [5.41, 5.74) is 4.29. The van der Waals surface area contributed by atoms with Gasteiger partial charge in [-0.05, 0) is 18.1 Å². The number of fused-ring (bicyclic) bond motifs is 1. The first-order valence-corrected chi connectivity index (χ1v) is 5.77. The van der Waals surface area contributed by atoms with Crippen LogP contribution >= 0.6 is 0 Å². The zero-order valence-corrected chi connectivity index (χ0v) is 9.64. The maximum absolute atomic E-state index is 4.29. The summed E-state index contributed by atoms with van der Waals surface area (Å²) >= 11 is 0. The summed E-state index contributed by atoms with van der Waals surface area (Å²) in [6, 6.07) is 12.3. The Balaban J connectivity index is 2.31. The lowest BCUT2D eigenvalue weighted by atomic mass is 10.0. The molecule has 2 heterocycles. The Morgan fingerprint density at radius 2 is 1.94 bits per heavy atom. The normalized spacial score (nSPS) is 10.9. The molecule has 0 fully saturated rings. The fourth-order valence-corrected chi connectivity index (χ4v) is 2.12. The van der Waals surface area contributed by atoms with Crippen molar-refractivity contribution in [1.82, 2.24) is 15.2 Å². The molecule has 3 rings (SSSR count). The van der Waals surface area contributed by atoms with E-state index in [2.05, 4.69) is 40.3 Å². The minimum Gasteiger partial charge on any atom is -0.275 e. The van der Waals surface area contributed by atoms with Gasteiger partial charge in [-0.25, -0.2) is 4.98 Å². The van der Waals surface area contributed by atoms with E-state index >= 15 is 0 Å². The highest BCUT2D eigenvalue weighted by atomic mass is 15.1. The second-order valence-electron chi connectivity index (χ2n) is 3.99. The molecular weight excluding hydrogens is 210 g/mol. The van der Waals surface area contributed by atoms with Crippen LogP contribution in [0.15, 0.2) is 42.6 Å². The maximum Gasteiger partial charge on any atom is 0.181 e. The van der Waals surface area contributed by atoms with E-state index in [1.54, 1.807) is 0 Å². The minimum atomic E-state index is 0.795. The van der Waals surface area contributed by atoms with E-state index in [9.17, 15) is 0 Å². The summed E-state index contributed by atoms with van der Waals surface area (Å²) in [5, 5.41) is 8.50. The van der Waals surface area contributed by atoms with E-state index in [1.807, 2.05) is 24.4 Å². The van der Waals surface area contributed by atoms with Crippen molar-refractivity contribution in [2.45, 2.75) is 13.3 Å². The predicted molar refractivity (Wildman–Crippen MR) is 68.7 cm³/mol. The highest BCUT2D eigenvalue weighted by molar-refractivity contribution is 5.93. The molecule has 0 radical (unpaired) electrons. The highest BCUT2D eigenvalue weighted by Gasteiger charge is 2.11. The number of hydrogen-bond donors (Lipinski definition) is 1. The van der Waals surface area contributed by atoms with Gasteiger partial charge < -0.3 is 0 Å². The quantitative estimate of drug-likeness (QED) is 0.725. The van der Waals surface area contributed by atoms with Gasteiger partial charge in [0.2, 0.25) is 0 Å². The van der Waals surface area contributed by atoms with Crippen LogP contribution in [0.1, 0.15) is 12.5 Å². The van der Waals surface area contributed by atoms with Crippen LogP contribution in [0.4, 0.5) is 0 Å². The Bertz CT molecular complexity index is 641. The van der Waals surface area contributed by atoms with Gasteiger partial charge in [0, 0.05) is 17.1 Å².